The predicted octanol–water partition coefficient (Wildman–Crippen LogP) is 4.45. The van der Waals surface area contributed by atoms with Gasteiger partial charge in [0.25, 0.3) is 0 Å². The molecule has 4 rings (SSSR count). The van der Waals surface area contributed by atoms with Crippen LogP contribution in [0.4, 0.5) is 4.39 Å². The molecule has 2 aromatic heterocycles. The van der Waals surface area contributed by atoms with Gasteiger partial charge in [0.1, 0.15) is 11.9 Å². The van der Waals surface area contributed by atoms with Crippen molar-refractivity contribution in [1.82, 2.24) is 14.5 Å². The minimum atomic E-state index is -1.19. The number of halogens is 1. The van der Waals surface area contributed by atoms with Gasteiger partial charge in [-0.2, -0.15) is 0 Å². The van der Waals surface area contributed by atoms with Gasteiger partial charge in [-0.15, -0.1) is 0 Å². The molecular formula is C27H30FN3O3. The molecule has 0 amide bonds. The lowest BCUT2D eigenvalue weighted by Gasteiger charge is -2.35. The average molecular weight is 464 g/mol. The zero-order valence-electron chi connectivity index (χ0n) is 19.6. The molecule has 3 heterocycles. The highest BCUT2D eigenvalue weighted by Gasteiger charge is 2.34. The summed E-state index contributed by atoms with van der Waals surface area (Å²) in [5.41, 5.74) is 2.22. The third kappa shape index (κ3) is 5.40. The van der Waals surface area contributed by atoms with E-state index >= 15 is 4.39 Å². The second-order valence-electron chi connectivity index (χ2n) is 8.86. The highest BCUT2D eigenvalue weighted by Crippen LogP contribution is 2.35. The first-order chi connectivity index (χ1) is 16.5. The molecule has 0 unspecified atom stereocenters. The standard InChI is InChI=1S/C27H30FN3O3/c1-30-14-3-5-20(30)6-4-15-31-16-12-19(24(18-31)27(32)33)7-9-25(28)22-11-13-29-26-10-8-21(34-2)17-23(22)26/h3,5,8,10-11,13-14,17,19,24-25H,7,9,12,15-16,18H2,1-2H3,(H,32,33)/t19-,24+,25+/m1/s1. The van der Waals surface area contributed by atoms with E-state index in [1.807, 2.05) is 42.1 Å². The predicted molar refractivity (Wildman–Crippen MR) is 129 cm³/mol. The molecule has 1 aliphatic rings. The Labute approximate surface area is 199 Å². The summed E-state index contributed by atoms with van der Waals surface area (Å²) in [6, 6.07) is 11.0. The van der Waals surface area contributed by atoms with Crippen LogP contribution in [0.25, 0.3) is 10.9 Å². The Kier molecular flexibility index (Phi) is 7.49. The van der Waals surface area contributed by atoms with E-state index in [2.05, 4.69) is 21.7 Å². The number of carbonyl (C=O) groups is 1. The van der Waals surface area contributed by atoms with Gasteiger partial charge in [-0.3, -0.25) is 14.7 Å². The number of alkyl halides is 1. The maximum Gasteiger partial charge on any atom is 0.308 e. The number of aryl methyl sites for hydroxylation is 1. The number of benzene rings is 1. The number of aromatic nitrogens is 2. The number of pyridine rings is 1. The maximum atomic E-state index is 15.3. The summed E-state index contributed by atoms with van der Waals surface area (Å²) in [5.74, 6) is 5.55. The van der Waals surface area contributed by atoms with Crippen LogP contribution in [0.1, 0.15) is 36.7 Å². The fourth-order valence-corrected chi connectivity index (χ4v) is 4.73. The highest BCUT2D eigenvalue weighted by molar-refractivity contribution is 5.83. The van der Waals surface area contributed by atoms with Crippen molar-refractivity contribution in [1.29, 1.82) is 0 Å². The van der Waals surface area contributed by atoms with Gasteiger partial charge in [0.05, 0.1) is 30.8 Å². The van der Waals surface area contributed by atoms with Gasteiger partial charge in [-0.1, -0.05) is 5.92 Å². The lowest BCUT2D eigenvalue weighted by Crippen LogP contribution is -2.44. The first-order valence-electron chi connectivity index (χ1n) is 11.6. The number of rotatable bonds is 7. The molecule has 0 aliphatic carbocycles. The topological polar surface area (TPSA) is 67.6 Å². The molecule has 3 aromatic rings. The van der Waals surface area contributed by atoms with Crippen LogP contribution in [0.5, 0.6) is 5.75 Å². The summed E-state index contributed by atoms with van der Waals surface area (Å²) in [6.45, 7) is 1.73. The number of hydrogen-bond donors (Lipinski definition) is 1. The second-order valence-corrected chi connectivity index (χ2v) is 8.86. The summed E-state index contributed by atoms with van der Waals surface area (Å²) in [4.78, 5) is 18.4. The third-order valence-corrected chi connectivity index (χ3v) is 6.73. The lowest BCUT2D eigenvalue weighted by molar-refractivity contribution is -0.146. The van der Waals surface area contributed by atoms with E-state index in [9.17, 15) is 9.90 Å². The number of likely N-dealkylation sites (tertiary alicyclic amines) is 1. The maximum absolute atomic E-state index is 15.3. The Morgan fingerprint density at radius 2 is 2.21 bits per heavy atom. The van der Waals surface area contributed by atoms with Crippen LogP contribution in [0.3, 0.4) is 0 Å². The minimum absolute atomic E-state index is 0.0597. The van der Waals surface area contributed by atoms with Crippen LogP contribution < -0.4 is 4.74 Å². The molecule has 0 radical (unpaired) electrons. The van der Waals surface area contributed by atoms with E-state index in [0.717, 1.165) is 24.0 Å². The first kappa shape index (κ1) is 23.8. The van der Waals surface area contributed by atoms with Gasteiger partial charge in [-0.05, 0) is 79.6 Å². The zero-order chi connectivity index (χ0) is 24.1. The molecule has 178 valence electrons. The number of piperidine rings is 1. The number of carboxylic acid groups (broad SMARTS) is 1. The van der Waals surface area contributed by atoms with E-state index < -0.39 is 18.1 Å². The summed E-state index contributed by atoms with van der Waals surface area (Å²) in [7, 11) is 3.52. The number of fused-ring (bicyclic) bond motifs is 1. The summed E-state index contributed by atoms with van der Waals surface area (Å²) < 4.78 is 22.6. The number of methoxy groups -OCH3 is 1. The van der Waals surface area contributed by atoms with Crippen LogP contribution in [-0.2, 0) is 11.8 Å². The quantitative estimate of drug-likeness (QED) is 0.525. The van der Waals surface area contributed by atoms with Crippen molar-refractivity contribution < 1.29 is 19.0 Å². The first-order valence-corrected chi connectivity index (χ1v) is 11.6. The van der Waals surface area contributed by atoms with E-state index in [-0.39, 0.29) is 12.3 Å². The minimum Gasteiger partial charge on any atom is -0.497 e. The van der Waals surface area contributed by atoms with Crippen molar-refractivity contribution in [2.45, 2.75) is 25.4 Å². The van der Waals surface area contributed by atoms with Gasteiger partial charge in [0.15, 0.2) is 0 Å². The molecule has 1 saturated heterocycles. The van der Waals surface area contributed by atoms with Crippen LogP contribution in [0.15, 0.2) is 48.8 Å². The number of nitrogens with zero attached hydrogens (tertiary/aromatic N) is 3. The van der Waals surface area contributed by atoms with Gasteiger partial charge >= 0.3 is 5.97 Å². The fraction of sp³-hybridized carbons (Fsp3) is 0.407. The van der Waals surface area contributed by atoms with Crippen LogP contribution in [-0.4, -0.2) is 52.3 Å². The summed E-state index contributed by atoms with van der Waals surface area (Å²) in [5, 5.41) is 10.6. The average Bonchev–Trinajstić information content (AvgIpc) is 3.26. The highest BCUT2D eigenvalue weighted by atomic mass is 19.1. The summed E-state index contributed by atoms with van der Waals surface area (Å²) >= 11 is 0. The number of ether oxygens (including phenoxy) is 1. The Balaban J connectivity index is 1.38. The van der Waals surface area contributed by atoms with Gasteiger partial charge < -0.3 is 14.4 Å². The molecule has 0 bridgehead atoms. The molecule has 1 fully saturated rings. The molecule has 0 saturated carbocycles. The monoisotopic (exact) mass is 463 g/mol. The van der Waals surface area contributed by atoms with Crippen LogP contribution >= 0.6 is 0 Å². The molecule has 34 heavy (non-hydrogen) atoms. The lowest BCUT2D eigenvalue weighted by atomic mass is 9.81. The Morgan fingerprint density at radius 1 is 1.35 bits per heavy atom. The normalized spacial score (nSPS) is 19.4. The molecule has 6 nitrogen and oxygen atoms in total. The Hall–Kier alpha value is -3.37. The molecule has 0 spiro atoms. The van der Waals surface area contributed by atoms with Crippen molar-refractivity contribution in [3.8, 4) is 17.6 Å². The molecule has 7 heteroatoms. The van der Waals surface area contributed by atoms with Crippen molar-refractivity contribution in [3.05, 3.63) is 60.0 Å². The number of aliphatic carboxylic acids is 1. The van der Waals surface area contributed by atoms with Crippen molar-refractivity contribution >= 4 is 16.9 Å². The second kappa shape index (κ2) is 10.7. The van der Waals surface area contributed by atoms with Gasteiger partial charge in [-0.25, -0.2) is 4.39 Å². The third-order valence-electron chi connectivity index (χ3n) is 6.73. The molecule has 1 aliphatic heterocycles. The molecule has 3 atom stereocenters. The Morgan fingerprint density at radius 3 is 2.94 bits per heavy atom. The van der Waals surface area contributed by atoms with E-state index in [4.69, 9.17) is 4.74 Å². The fourth-order valence-electron chi connectivity index (χ4n) is 4.73. The van der Waals surface area contributed by atoms with E-state index in [1.54, 1.807) is 25.4 Å². The Bertz CT molecular complexity index is 1210. The van der Waals surface area contributed by atoms with Gasteiger partial charge in [0, 0.05) is 31.4 Å². The van der Waals surface area contributed by atoms with Crippen molar-refractivity contribution in [2.75, 3.05) is 26.7 Å². The smallest absolute Gasteiger partial charge is 0.308 e. The molecular weight excluding hydrogens is 433 g/mol. The number of carboxylic acids is 1. The van der Waals surface area contributed by atoms with Crippen LogP contribution in [0, 0.1) is 23.7 Å². The number of hydrogen-bond acceptors (Lipinski definition) is 4. The summed E-state index contributed by atoms with van der Waals surface area (Å²) in [6.07, 6.45) is 3.89. The zero-order valence-corrected chi connectivity index (χ0v) is 19.6. The molecule has 1 aromatic carbocycles. The van der Waals surface area contributed by atoms with E-state index in [1.165, 1.54) is 0 Å². The van der Waals surface area contributed by atoms with Crippen LogP contribution in [0.2, 0.25) is 0 Å². The largest absolute Gasteiger partial charge is 0.497 e. The van der Waals surface area contributed by atoms with Crippen molar-refractivity contribution in [3.63, 3.8) is 0 Å². The van der Waals surface area contributed by atoms with Crippen molar-refractivity contribution in [2.24, 2.45) is 18.9 Å². The van der Waals surface area contributed by atoms with E-state index in [0.29, 0.717) is 36.3 Å². The SMILES string of the molecule is COc1ccc2nccc([C@@H](F)CC[C@@H]3CCN(CC#Cc4cccn4C)C[C@@H]3C(=O)O)c2c1. The molecule has 1 N–H and O–H groups in total. The van der Waals surface area contributed by atoms with Gasteiger partial charge in [0.2, 0.25) is 0 Å².